The summed E-state index contributed by atoms with van der Waals surface area (Å²) in [6.07, 6.45) is 2.53. The number of nitrogens with two attached hydrogens (primary N) is 1. The number of primary sulfonamides is 1. The topological polar surface area (TPSA) is 75.4 Å². The van der Waals surface area contributed by atoms with Crippen molar-refractivity contribution in [2.75, 3.05) is 20.1 Å². The van der Waals surface area contributed by atoms with Crippen molar-refractivity contribution in [1.82, 2.24) is 10.2 Å². The number of rotatable bonds is 5. The second-order valence-electron chi connectivity index (χ2n) is 6.02. The van der Waals surface area contributed by atoms with Gasteiger partial charge < -0.3 is 10.2 Å². The van der Waals surface area contributed by atoms with E-state index in [-0.39, 0.29) is 4.90 Å². The molecule has 6 heteroatoms. The summed E-state index contributed by atoms with van der Waals surface area (Å²) in [6.45, 7) is 5.30. The molecule has 1 aromatic rings. The van der Waals surface area contributed by atoms with Crippen LogP contribution in [-0.2, 0) is 16.6 Å². The van der Waals surface area contributed by atoms with Crippen LogP contribution in [0.4, 0.5) is 0 Å². The number of benzene rings is 1. The minimum atomic E-state index is -3.60. The Hall–Kier alpha value is -0.950. The molecule has 0 bridgehead atoms. The molecule has 1 aromatic carbocycles. The largest absolute Gasteiger partial charge is 0.310 e. The van der Waals surface area contributed by atoms with E-state index in [9.17, 15) is 8.42 Å². The van der Waals surface area contributed by atoms with Crippen molar-refractivity contribution in [3.63, 3.8) is 0 Å². The molecule has 0 amide bonds. The van der Waals surface area contributed by atoms with Crippen molar-refractivity contribution in [1.29, 1.82) is 0 Å². The predicted molar refractivity (Wildman–Crippen MR) is 84.3 cm³/mol. The monoisotopic (exact) mass is 311 g/mol. The van der Waals surface area contributed by atoms with Gasteiger partial charge in [-0.15, -0.1) is 0 Å². The molecule has 2 rings (SSSR count). The third-order valence-corrected chi connectivity index (χ3v) is 5.18. The zero-order valence-corrected chi connectivity index (χ0v) is 13.6. The average Bonchev–Trinajstić information content (AvgIpc) is 2.44. The zero-order chi connectivity index (χ0) is 15.5. The summed E-state index contributed by atoms with van der Waals surface area (Å²) in [7, 11) is -1.43. The Kier molecular flexibility index (Phi) is 5.37. The molecule has 118 valence electrons. The Labute approximate surface area is 127 Å². The van der Waals surface area contributed by atoms with E-state index in [2.05, 4.69) is 24.2 Å². The average molecular weight is 311 g/mol. The third-order valence-electron chi connectivity index (χ3n) is 4.25. The van der Waals surface area contributed by atoms with Gasteiger partial charge in [0.1, 0.15) is 0 Å². The Balaban J connectivity index is 1.87. The lowest BCUT2D eigenvalue weighted by Crippen LogP contribution is -2.42. The van der Waals surface area contributed by atoms with Crippen LogP contribution in [0.1, 0.15) is 25.3 Å². The SMILES string of the molecule is CC(NCc1ccc(S(N)(=O)=O)cc1)C1CCCN(C)C1. The molecule has 1 heterocycles. The van der Waals surface area contributed by atoms with Gasteiger partial charge in [-0.25, -0.2) is 13.6 Å². The van der Waals surface area contributed by atoms with E-state index in [0.29, 0.717) is 12.0 Å². The smallest absolute Gasteiger partial charge is 0.238 e. The van der Waals surface area contributed by atoms with Gasteiger partial charge in [0.25, 0.3) is 0 Å². The van der Waals surface area contributed by atoms with E-state index in [1.165, 1.54) is 19.4 Å². The molecule has 1 aliphatic rings. The first-order chi connectivity index (χ1) is 9.86. The van der Waals surface area contributed by atoms with Crippen LogP contribution in [0.15, 0.2) is 29.2 Å². The molecule has 1 aliphatic heterocycles. The number of nitrogens with zero attached hydrogens (tertiary/aromatic N) is 1. The van der Waals surface area contributed by atoms with E-state index in [4.69, 9.17) is 5.14 Å². The van der Waals surface area contributed by atoms with E-state index >= 15 is 0 Å². The molecule has 21 heavy (non-hydrogen) atoms. The molecule has 5 nitrogen and oxygen atoms in total. The van der Waals surface area contributed by atoms with Crippen LogP contribution in [0.5, 0.6) is 0 Å². The highest BCUT2D eigenvalue weighted by Gasteiger charge is 2.22. The van der Waals surface area contributed by atoms with Crippen molar-refractivity contribution in [3.8, 4) is 0 Å². The van der Waals surface area contributed by atoms with Gasteiger partial charge in [0.05, 0.1) is 4.90 Å². The van der Waals surface area contributed by atoms with Crippen molar-refractivity contribution < 1.29 is 8.42 Å². The molecule has 2 unspecified atom stereocenters. The lowest BCUT2D eigenvalue weighted by atomic mass is 9.92. The first-order valence-corrected chi connectivity index (χ1v) is 8.94. The van der Waals surface area contributed by atoms with Gasteiger partial charge in [0, 0.05) is 19.1 Å². The summed E-state index contributed by atoms with van der Waals surface area (Å²) in [5, 5.41) is 8.63. The van der Waals surface area contributed by atoms with Crippen molar-refractivity contribution in [2.24, 2.45) is 11.1 Å². The highest BCUT2D eigenvalue weighted by molar-refractivity contribution is 7.89. The van der Waals surface area contributed by atoms with Crippen LogP contribution in [-0.4, -0.2) is 39.5 Å². The van der Waals surface area contributed by atoms with Crippen molar-refractivity contribution in [2.45, 2.75) is 37.2 Å². The van der Waals surface area contributed by atoms with Gasteiger partial charge in [-0.2, -0.15) is 0 Å². The fourth-order valence-electron chi connectivity index (χ4n) is 2.86. The number of sulfonamides is 1. The van der Waals surface area contributed by atoms with Crippen molar-refractivity contribution in [3.05, 3.63) is 29.8 Å². The van der Waals surface area contributed by atoms with Crippen LogP contribution in [0, 0.1) is 5.92 Å². The number of piperidine rings is 1. The van der Waals surface area contributed by atoms with Gasteiger partial charge >= 0.3 is 0 Å². The Morgan fingerprint density at radius 3 is 2.62 bits per heavy atom. The maximum atomic E-state index is 11.2. The number of hydrogen-bond donors (Lipinski definition) is 2. The highest BCUT2D eigenvalue weighted by atomic mass is 32.2. The fraction of sp³-hybridized carbons (Fsp3) is 0.600. The van der Waals surface area contributed by atoms with E-state index in [0.717, 1.165) is 18.7 Å². The maximum absolute atomic E-state index is 11.2. The molecule has 0 spiro atoms. The molecule has 1 saturated heterocycles. The minimum Gasteiger partial charge on any atom is -0.310 e. The van der Waals surface area contributed by atoms with E-state index in [1.807, 2.05) is 12.1 Å². The number of hydrogen-bond acceptors (Lipinski definition) is 4. The minimum absolute atomic E-state index is 0.160. The zero-order valence-electron chi connectivity index (χ0n) is 12.7. The van der Waals surface area contributed by atoms with Gasteiger partial charge in [-0.05, 0) is 57.0 Å². The maximum Gasteiger partial charge on any atom is 0.238 e. The first kappa shape index (κ1) is 16.4. The molecule has 0 radical (unpaired) electrons. The second-order valence-corrected chi connectivity index (χ2v) is 7.58. The summed E-state index contributed by atoms with van der Waals surface area (Å²) in [4.78, 5) is 2.54. The number of likely N-dealkylation sites (tertiary alicyclic amines) is 1. The first-order valence-electron chi connectivity index (χ1n) is 7.40. The quantitative estimate of drug-likeness (QED) is 0.855. The summed E-state index contributed by atoms with van der Waals surface area (Å²) in [6, 6.07) is 7.20. The molecule has 0 saturated carbocycles. The molecule has 2 atom stereocenters. The third kappa shape index (κ3) is 4.78. The molecule has 0 aromatic heterocycles. The molecular weight excluding hydrogens is 286 g/mol. The summed E-state index contributed by atoms with van der Waals surface area (Å²) >= 11 is 0. The van der Waals surface area contributed by atoms with Crippen LogP contribution < -0.4 is 10.5 Å². The van der Waals surface area contributed by atoms with E-state index in [1.54, 1.807) is 12.1 Å². The Morgan fingerprint density at radius 2 is 2.05 bits per heavy atom. The van der Waals surface area contributed by atoms with Crippen LogP contribution >= 0.6 is 0 Å². The van der Waals surface area contributed by atoms with Gasteiger partial charge in [-0.1, -0.05) is 12.1 Å². The Bertz CT molecular complexity index is 557. The molecule has 3 N–H and O–H groups in total. The second kappa shape index (κ2) is 6.87. The standard InChI is InChI=1S/C15H25N3O2S/c1-12(14-4-3-9-18(2)11-14)17-10-13-5-7-15(8-6-13)21(16,19)20/h5-8,12,14,17H,3-4,9-11H2,1-2H3,(H2,16,19,20). The molecule has 1 fully saturated rings. The van der Waals surface area contributed by atoms with Crippen molar-refractivity contribution >= 4 is 10.0 Å². The van der Waals surface area contributed by atoms with Crippen LogP contribution in [0.2, 0.25) is 0 Å². The number of nitrogens with one attached hydrogen (secondary N) is 1. The lowest BCUT2D eigenvalue weighted by Gasteiger charge is -2.34. The molecular formula is C15H25N3O2S. The predicted octanol–water partition coefficient (Wildman–Crippen LogP) is 1.15. The van der Waals surface area contributed by atoms with Crippen LogP contribution in [0.3, 0.4) is 0 Å². The normalized spacial score (nSPS) is 22.1. The van der Waals surface area contributed by atoms with Gasteiger partial charge in [-0.3, -0.25) is 0 Å². The van der Waals surface area contributed by atoms with E-state index < -0.39 is 10.0 Å². The fourth-order valence-corrected chi connectivity index (χ4v) is 3.37. The highest BCUT2D eigenvalue weighted by Crippen LogP contribution is 2.19. The van der Waals surface area contributed by atoms with Gasteiger partial charge in [0.2, 0.25) is 10.0 Å². The van der Waals surface area contributed by atoms with Crippen LogP contribution in [0.25, 0.3) is 0 Å². The Morgan fingerprint density at radius 1 is 1.38 bits per heavy atom. The summed E-state index contributed by atoms with van der Waals surface area (Å²) < 4.78 is 22.4. The summed E-state index contributed by atoms with van der Waals surface area (Å²) in [5.41, 5.74) is 1.07. The summed E-state index contributed by atoms with van der Waals surface area (Å²) in [5.74, 6) is 0.674. The lowest BCUT2D eigenvalue weighted by molar-refractivity contribution is 0.178. The van der Waals surface area contributed by atoms with Gasteiger partial charge in [0.15, 0.2) is 0 Å². The molecule has 0 aliphatic carbocycles.